The number of benzene rings is 3. The van der Waals surface area contributed by atoms with E-state index in [1.165, 1.54) is 0 Å². The first kappa shape index (κ1) is 18.6. The summed E-state index contributed by atoms with van der Waals surface area (Å²) < 4.78 is 2.05. The fourth-order valence-electron chi connectivity index (χ4n) is 3.27. The molecule has 140 valence electrons. The Balaban J connectivity index is 1.63. The fourth-order valence-corrected chi connectivity index (χ4v) is 3.74. The van der Waals surface area contributed by atoms with E-state index in [2.05, 4.69) is 17.4 Å². The summed E-state index contributed by atoms with van der Waals surface area (Å²) in [4.78, 5) is 13.0. The van der Waals surface area contributed by atoms with E-state index in [0.29, 0.717) is 28.8 Å². The Bertz CT molecular complexity index is 1140. The lowest BCUT2D eigenvalue weighted by molar-refractivity contribution is 0.0942. The Morgan fingerprint density at radius 2 is 1.64 bits per heavy atom. The molecule has 0 aliphatic heterocycles. The van der Waals surface area contributed by atoms with Gasteiger partial charge in [0.1, 0.15) is 5.69 Å². The van der Waals surface area contributed by atoms with Gasteiger partial charge in [0.25, 0.3) is 5.91 Å². The molecule has 5 heteroatoms. The molecule has 1 aromatic heterocycles. The third-order valence-corrected chi connectivity index (χ3v) is 5.27. The van der Waals surface area contributed by atoms with Gasteiger partial charge in [0.2, 0.25) is 0 Å². The van der Waals surface area contributed by atoms with Crippen LogP contribution in [0.2, 0.25) is 10.0 Å². The zero-order valence-corrected chi connectivity index (χ0v) is 16.5. The summed E-state index contributed by atoms with van der Waals surface area (Å²) in [5.74, 6) is -0.141. The number of nitrogens with zero attached hydrogens (tertiary/aromatic N) is 1. The maximum absolute atomic E-state index is 13.0. The van der Waals surface area contributed by atoms with Crippen molar-refractivity contribution in [1.82, 2.24) is 9.88 Å². The summed E-state index contributed by atoms with van der Waals surface area (Å²) in [6.45, 7) is 0.959. The van der Waals surface area contributed by atoms with Gasteiger partial charge in [-0.05, 0) is 35.4 Å². The maximum Gasteiger partial charge on any atom is 0.268 e. The van der Waals surface area contributed by atoms with Crippen molar-refractivity contribution in [2.45, 2.75) is 13.1 Å². The number of carbonyl (C=O) groups excluding carboxylic acids is 1. The molecule has 0 aliphatic carbocycles. The highest BCUT2D eigenvalue weighted by molar-refractivity contribution is 6.35. The lowest BCUT2D eigenvalue weighted by Gasteiger charge is -2.12. The maximum atomic E-state index is 13.0. The Hall–Kier alpha value is -2.75. The molecule has 0 saturated carbocycles. The van der Waals surface area contributed by atoms with Crippen LogP contribution in [0.25, 0.3) is 10.9 Å². The van der Waals surface area contributed by atoms with Gasteiger partial charge in [-0.3, -0.25) is 4.79 Å². The largest absolute Gasteiger partial charge is 0.347 e. The number of hydrogen-bond donors (Lipinski definition) is 1. The molecule has 4 aromatic rings. The highest BCUT2D eigenvalue weighted by atomic mass is 35.5. The first-order chi connectivity index (χ1) is 13.6. The van der Waals surface area contributed by atoms with Gasteiger partial charge in [-0.15, -0.1) is 0 Å². The molecular weight excluding hydrogens is 391 g/mol. The summed E-state index contributed by atoms with van der Waals surface area (Å²) in [5.41, 5.74) is 3.61. The average Bonchev–Trinajstić information content (AvgIpc) is 3.06. The van der Waals surface area contributed by atoms with E-state index in [9.17, 15) is 4.79 Å². The molecule has 3 nitrogen and oxygen atoms in total. The summed E-state index contributed by atoms with van der Waals surface area (Å²) in [6.07, 6.45) is 0. The fraction of sp³-hybridized carbons (Fsp3) is 0.0870. The van der Waals surface area contributed by atoms with E-state index in [1.807, 2.05) is 59.2 Å². The molecule has 0 atom stereocenters. The van der Waals surface area contributed by atoms with E-state index in [0.717, 1.165) is 22.0 Å². The van der Waals surface area contributed by atoms with Gasteiger partial charge in [0.15, 0.2) is 0 Å². The third kappa shape index (κ3) is 3.91. The molecule has 0 saturated heterocycles. The minimum absolute atomic E-state index is 0.141. The zero-order valence-electron chi connectivity index (χ0n) is 15.0. The molecular formula is C23H18Cl2N2O. The zero-order chi connectivity index (χ0) is 19.5. The van der Waals surface area contributed by atoms with Crippen LogP contribution in [0, 0.1) is 0 Å². The lowest BCUT2D eigenvalue weighted by Crippen LogP contribution is -2.25. The van der Waals surface area contributed by atoms with Crippen LogP contribution in [0.15, 0.2) is 78.9 Å². The van der Waals surface area contributed by atoms with E-state index in [-0.39, 0.29) is 5.91 Å². The lowest BCUT2D eigenvalue weighted by atomic mass is 10.2. The van der Waals surface area contributed by atoms with Crippen molar-refractivity contribution < 1.29 is 4.79 Å². The van der Waals surface area contributed by atoms with Crippen LogP contribution in [-0.2, 0) is 13.1 Å². The molecule has 1 amide bonds. The second-order valence-electron chi connectivity index (χ2n) is 6.58. The number of fused-ring (bicyclic) bond motifs is 1. The Morgan fingerprint density at radius 3 is 2.43 bits per heavy atom. The average molecular weight is 409 g/mol. The van der Waals surface area contributed by atoms with Crippen molar-refractivity contribution >= 4 is 40.0 Å². The van der Waals surface area contributed by atoms with Crippen LogP contribution in [-0.4, -0.2) is 10.5 Å². The number of hydrogen-bond acceptors (Lipinski definition) is 1. The van der Waals surface area contributed by atoms with Gasteiger partial charge >= 0.3 is 0 Å². The number of para-hydroxylation sites is 1. The molecule has 4 rings (SSSR count). The van der Waals surface area contributed by atoms with Crippen molar-refractivity contribution in [3.8, 4) is 0 Å². The van der Waals surface area contributed by atoms with Crippen LogP contribution < -0.4 is 5.32 Å². The van der Waals surface area contributed by atoms with Gasteiger partial charge in [-0.25, -0.2) is 0 Å². The van der Waals surface area contributed by atoms with Gasteiger partial charge in [-0.1, -0.05) is 77.8 Å². The molecule has 3 aromatic carbocycles. The monoisotopic (exact) mass is 408 g/mol. The first-order valence-corrected chi connectivity index (χ1v) is 9.72. The predicted molar refractivity (Wildman–Crippen MR) is 115 cm³/mol. The summed E-state index contributed by atoms with van der Waals surface area (Å²) >= 11 is 12.2. The number of aromatic nitrogens is 1. The second kappa shape index (κ2) is 8.09. The second-order valence-corrected chi connectivity index (χ2v) is 7.42. The molecule has 1 heterocycles. The summed E-state index contributed by atoms with van der Waals surface area (Å²) in [7, 11) is 0. The van der Waals surface area contributed by atoms with Crippen LogP contribution in [0.3, 0.4) is 0 Å². The molecule has 0 radical (unpaired) electrons. The molecule has 0 bridgehead atoms. The molecule has 1 N–H and O–H groups in total. The minimum atomic E-state index is -0.141. The Labute approximate surface area is 173 Å². The smallest absolute Gasteiger partial charge is 0.268 e. The van der Waals surface area contributed by atoms with E-state index < -0.39 is 0 Å². The SMILES string of the molecule is O=C(NCc1ccc(Cl)cc1Cl)c1cc2ccccc2n1Cc1ccccc1. The summed E-state index contributed by atoms with van der Waals surface area (Å²) in [6, 6.07) is 25.3. The number of rotatable bonds is 5. The molecule has 0 spiro atoms. The molecule has 0 aliphatic rings. The predicted octanol–water partition coefficient (Wildman–Crippen LogP) is 5.93. The van der Waals surface area contributed by atoms with E-state index in [1.54, 1.807) is 12.1 Å². The van der Waals surface area contributed by atoms with E-state index >= 15 is 0 Å². The van der Waals surface area contributed by atoms with Gasteiger partial charge in [0.05, 0.1) is 0 Å². The molecule has 0 unspecified atom stereocenters. The normalized spacial score (nSPS) is 10.9. The number of carbonyl (C=O) groups is 1. The van der Waals surface area contributed by atoms with Crippen LogP contribution in [0.1, 0.15) is 21.6 Å². The highest BCUT2D eigenvalue weighted by Crippen LogP contribution is 2.23. The molecule has 28 heavy (non-hydrogen) atoms. The van der Waals surface area contributed by atoms with Crippen molar-refractivity contribution in [1.29, 1.82) is 0 Å². The summed E-state index contributed by atoms with van der Waals surface area (Å²) in [5, 5.41) is 5.12. The van der Waals surface area contributed by atoms with Crippen molar-refractivity contribution in [2.24, 2.45) is 0 Å². The highest BCUT2D eigenvalue weighted by Gasteiger charge is 2.16. The minimum Gasteiger partial charge on any atom is -0.347 e. The molecule has 0 fully saturated rings. The standard InChI is InChI=1S/C23H18Cl2N2O/c24-19-11-10-18(20(25)13-19)14-26-23(28)22-12-17-8-4-5-9-21(17)27(22)15-16-6-2-1-3-7-16/h1-13H,14-15H2,(H,26,28). The third-order valence-electron chi connectivity index (χ3n) is 4.68. The topological polar surface area (TPSA) is 34.0 Å². The first-order valence-electron chi connectivity index (χ1n) is 8.96. The van der Waals surface area contributed by atoms with Crippen molar-refractivity contribution in [3.63, 3.8) is 0 Å². The van der Waals surface area contributed by atoms with Crippen molar-refractivity contribution in [3.05, 3.63) is 106 Å². The van der Waals surface area contributed by atoms with Gasteiger partial charge in [-0.2, -0.15) is 0 Å². The quantitative estimate of drug-likeness (QED) is 0.436. The number of nitrogens with one attached hydrogen (secondary N) is 1. The Morgan fingerprint density at radius 1 is 0.893 bits per heavy atom. The Kier molecular flexibility index (Phi) is 5.38. The van der Waals surface area contributed by atoms with E-state index in [4.69, 9.17) is 23.2 Å². The van der Waals surface area contributed by atoms with Gasteiger partial charge < -0.3 is 9.88 Å². The van der Waals surface area contributed by atoms with Crippen LogP contribution in [0.5, 0.6) is 0 Å². The number of halogens is 2. The van der Waals surface area contributed by atoms with Crippen LogP contribution in [0.4, 0.5) is 0 Å². The van der Waals surface area contributed by atoms with Crippen molar-refractivity contribution in [2.75, 3.05) is 0 Å². The van der Waals surface area contributed by atoms with Crippen LogP contribution >= 0.6 is 23.2 Å². The van der Waals surface area contributed by atoms with Gasteiger partial charge in [0, 0.05) is 34.0 Å². The number of amides is 1.